The number of nitrogens with zero attached hydrogens (tertiary/aromatic N) is 4. The molecule has 0 spiro atoms. The number of amides is 1. The number of sulfonamides is 1. The summed E-state index contributed by atoms with van der Waals surface area (Å²) in [4.78, 5) is 15.0. The molecule has 7 nitrogen and oxygen atoms in total. The third kappa shape index (κ3) is 4.87. The minimum absolute atomic E-state index is 0.148. The Morgan fingerprint density at radius 2 is 1.78 bits per heavy atom. The Bertz CT molecular complexity index is 1210. The van der Waals surface area contributed by atoms with Gasteiger partial charge in [-0.05, 0) is 37.1 Å². The van der Waals surface area contributed by atoms with E-state index < -0.39 is 10.0 Å². The monoisotopic (exact) mass is 472 g/mol. The van der Waals surface area contributed by atoms with Crippen LogP contribution in [-0.4, -0.2) is 59.5 Å². The quantitative estimate of drug-likeness (QED) is 0.570. The summed E-state index contributed by atoms with van der Waals surface area (Å²) in [5.41, 5.74) is 2.40. The highest BCUT2D eigenvalue weighted by Gasteiger charge is 2.28. The molecule has 0 aliphatic carbocycles. The summed E-state index contributed by atoms with van der Waals surface area (Å²) in [5, 5.41) is 4.95. The standard InChI is InChI=1S/C23H25ClN4O3S/c1-18-7-9-21(10-8-18)32(30,31)28-12-4-11-26(13-14-28)23(29)20-15-25-27(17-20)16-19-5-2-3-6-22(19)24/h2-3,5-10,15,17H,4,11-14,16H2,1H3. The summed E-state index contributed by atoms with van der Waals surface area (Å²) >= 11 is 6.22. The van der Waals surface area contributed by atoms with Gasteiger partial charge in [-0.15, -0.1) is 0 Å². The fourth-order valence-corrected chi connectivity index (χ4v) is 5.41. The Hall–Kier alpha value is -2.68. The van der Waals surface area contributed by atoms with Crippen LogP contribution in [0.15, 0.2) is 65.8 Å². The lowest BCUT2D eigenvalue weighted by atomic mass is 10.2. The second-order valence-corrected chi connectivity index (χ2v) is 10.2. The molecule has 0 radical (unpaired) electrons. The molecule has 1 amide bonds. The largest absolute Gasteiger partial charge is 0.337 e. The van der Waals surface area contributed by atoms with Crippen molar-refractivity contribution in [2.24, 2.45) is 0 Å². The highest BCUT2D eigenvalue weighted by Crippen LogP contribution is 2.20. The molecule has 1 aliphatic heterocycles. The zero-order chi connectivity index (χ0) is 22.7. The maximum absolute atomic E-state index is 13.0. The highest BCUT2D eigenvalue weighted by molar-refractivity contribution is 7.89. The summed E-state index contributed by atoms with van der Waals surface area (Å²) in [6, 6.07) is 14.4. The van der Waals surface area contributed by atoms with E-state index in [0.29, 0.717) is 43.2 Å². The number of benzene rings is 2. The average Bonchev–Trinajstić information content (AvgIpc) is 3.09. The second kappa shape index (κ2) is 9.44. The Kier molecular flexibility index (Phi) is 6.64. The van der Waals surface area contributed by atoms with E-state index >= 15 is 0 Å². The van der Waals surface area contributed by atoms with Gasteiger partial charge in [0, 0.05) is 37.4 Å². The van der Waals surface area contributed by atoms with Gasteiger partial charge in [0.25, 0.3) is 5.91 Å². The Labute approximate surface area is 193 Å². The zero-order valence-corrected chi connectivity index (χ0v) is 19.4. The summed E-state index contributed by atoms with van der Waals surface area (Å²) in [6.45, 7) is 3.85. The Morgan fingerprint density at radius 3 is 2.53 bits per heavy atom. The molecule has 0 bridgehead atoms. The van der Waals surface area contributed by atoms with Gasteiger partial charge in [-0.25, -0.2) is 8.42 Å². The molecule has 0 N–H and O–H groups in total. The fourth-order valence-electron chi connectivity index (χ4n) is 3.74. The first-order chi connectivity index (χ1) is 15.3. The molecule has 2 heterocycles. The number of aryl methyl sites for hydroxylation is 1. The van der Waals surface area contributed by atoms with Gasteiger partial charge in [0.05, 0.1) is 23.2 Å². The van der Waals surface area contributed by atoms with Gasteiger partial charge in [-0.2, -0.15) is 9.40 Å². The minimum atomic E-state index is -3.58. The SMILES string of the molecule is Cc1ccc(S(=O)(=O)N2CCCN(C(=O)c3cnn(Cc4ccccc4Cl)c3)CC2)cc1. The molecule has 32 heavy (non-hydrogen) atoms. The van der Waals surface area contributed by atoms with E-state index in [-0.39, 0.29) is 17.3 Å². The van der Waals surface area contributed by atoms with Gasteiger partial charge in [0.15, 0.2) is 0 Å². The molecule has 0 saturated carbocycles. The maximum atomic E-state index is 13.0. The first kappa shape index (κ1) is 22.5. The van der Waals surface area contributed by atoms with E-state index in [9.17, 15) is 13.2 Å². The Balaban J connectivity index is 1.42. The molecule has 0 atom stereocenters. The van der Waals surface area contributed by atoms with Gasteiger partial charge in [0.2, 0.25) is 10.0 Å². The lowest BCUT2D eigenvalue weighted by molar-refractivity contribution is 0.0764. The number of hydrogen-bond acceptors (Lipinski definition) is 4. The van der Waals surface area contributed by atoms with Gasteiger partial charge in [-0.1, -0.05) is 47.5 Å². The van der Waals surface area contributed by atoms with Crippen molar-refractivity contribution < 1.29 is 13.2 Å². The van der Waals surface area contributed by atoms with Crippen molar-refractivity contribution in [1.82, 2.24) is 19.0 Å². The number of rotatable bonds is 5. The number of hydrogen-bond donors (Lipinski definition) is 0. The summed E-state index contributed by atoms with van der Waals surface area (Å²) in [6.07, 6.45) is 3.83. The average molecular weight is 473 g/mol. The first-order valence-corrected chi connectivity index (χ1v) is 12.3. The van der Waals surface area contributed by atoms with Gasteiger partial charge >= 0.3 is 0 Å². The number of aromatic nitrogens is 2. The molecule has 168 valence electrons. The van der Waals surface area contributed by atoms with Crippen LogP contribution in [0.25, 0.3) is 0 Å². The smallest absolute Gasteiger partial charge is 0.257 e. The molecule has 0 unspecified atom stereocenters. The van der Waals surface area contributed by atoms with E-state index in [0.717, 1.165) is 11.1 Å². The van der Waals surface area contributed by atoms with Crippen LogP contribution in [0.3, 0.4) is 0 Å². The fraction of sp³-hybridized carbons (Fsp3) is 0.304. The second-order valence-electron chi connectivity index (χ2n) is 7.88. The summed E-state index contributed by atoms with van der Waals surface area (Å²) in [5.74, 6) is -0.148. The first-order valence-electron chi connectivity index (χ1n) is 10.5. The normalized spacial score (nSPS) is 15.5. The van der Waals surface area contributed by atoms with Crippen LogP contribution in [0.4, 0.5) is 0 Å². The maximum Gasteiger partial charge on any atom is 0.257 e. The minimum Gasteiger partial charge on any atom is -0.337 e. The van der Waals surface area contributed by atoms with Crippen molar-refractivity contribution in [3.05, 3.63) is 82.6 Å². The van der Waals surface area contributed by atoms with Crippen molar-refractivity contribution in [3.63, 3.8) is 0 Å². The van der Waals surface area contributed by atoms with Crippen LogP contribution in [0.2, 0.25) is 5.02 Å². The van der Waals surface area contributed by atoms with E-state index in [1.165, 1.54) is 4.31 Å². The molecular formula is C23H25ClN4O3S. The van der Waals surface area contributed by atoms with E-state index in [2.05, 4.69) is 5.10 Å². The molecule has 1 saturated heterocycles. The van der Waals surface area contributed by atoms with Crippen molar-refractivity contribution in [2.45, 2.75) is 24.8 Å². The van der Waals surface area contributed by atoms with Gasteiger partial charge < -0.3 is 4.90 Å². The molecule has 2 aromatic carbocycles. The van der Waals surface area contributed by atoms with E-state index in [1.807, 2.05) is 31.2 Å². The van der Waals surface area contributed by atoms with Crippen LogP contribution in [0, 0.1) is 6.92 Å². The van der Waals surface area contributed by atoms with Crippen molar-refractivity contribution in [2.75, 3.05) is 26.2 Å². The van der Waals surface area contributed by atoms with Crippen LogP contribution >= 0.6 is 11.6 Å². The molecule has 3 aromatic rings. The van der Waals surface area contributed by atoms with Crippen LogP contribution in [0.1, 0.15) is 27.9 Å². The van der Waals surface area contributed by atoms with Crippen LogP contribution in [-0.2, 0) is 16.6 Å². The zero-order valence-electron chi connectivity index (χ0n) is 17.8. The van der Waals surface area contributed by atoms with Crippen molar-refractivity contribution in [3.8, 4) is 0 Å². The molecular weight excluding hydrogens is 448 g/mol. The van der Waals surface area contributed by atoms with E-state index in [4.69, 9.17) is 11.6 Å². The Morgan fingerprint density at radius 1 is 1.03 bits per heavy atom. The van der Waals surface area contributed by atoms with Gasteiger partial charge in [-0.3, -0.25) is 9.48 Å². The lowest BCUT2D eigenvalue weighted by Gasteiger charge is -2.21. The predicted molar refractivity (Wildman–Crippen MR) is 123 cm³/mol. The molecule has 9 heteroatoms. The lowest BCUT2D eigenvalue weighted by Crippen LogP contribution is -2.37. The topological polar surface area (TPSA) is 75.5 Å². The number of halogens is 1. The molecule has 1 fully saturated rings. The van der Waals surface area contributed by atoms with Crippen LogP contribution in [0.5, 0.6) is 0 Å². The van der Waals surface area contributed by atoms with Crippen molar-refractivity contribution in [1.29, 1.82) is 0 Å². The predicted octanol–water partition coefficient (Wildman–Crippen LogP) is 3.43. The van der Waals surface area contributed by atoms with E-state index in [1.54, 1.807) is 46.2 Å². The van der Waals surface area contributed by atoms with Gasteiger partial charge in [0.1, 0.15) is 0 Å². The third-order valence-corrected chi connectivity index (χ3v) is 7.85. The number of carbonyl (C=O) groups excluding carboxylic acids is 1. The van der Waals surface area contributed by atoms with Crippen LogP contribution < -0.4 is 0 Å². The number of carbonyl (C=O) groups is 1. The molecule has 4 rings (SSSR count). The highest BCUT2D eigenvalue weighted by atomic mass is 35.5. The summed E-state index contributed by atoms with van der Waals surface area (Å²) in [7, 11) is -3.58. The molecule has 1 aromatic heterocycles. The molecule has 1 aliphatic rings. The summed E-state index contributed by atoms with van der Waals surface area (Å²) < 4.78 is 29.1. The third-order valence-electron chi connectivity index (χ3n) is 5.57. The van der Waals surface area contributed by atoms with Crippen molar-refractivity contribution >= 4 is 27.5 Å².